The van der Waals surface area contributed by atoms with Crippen molar-refractivity contribution >= 4 is 15.9 Å². The van der Waals surface area contributed by atoms with Gasteiger partial charge in [-0.2, -0.15) is 0 Å². The average molecular weight is 222 g/mol. The summed E-state index contributed by atoms with van der Waals surface area (Å²) in [7, 11) is 0. The normalized spacial score (nSPS) is 10.5. The van der Waals surface area contributed by atoms with Crippen LogP contribution in [0.2, 0.25) is 0 Å². The zero-order chi connectivity index (χ0) is 8.27. The number of hydrogen-bond acceptors (Lipinski definition) is 1. The molecule has 1 aromatic heterocycles. The lowest BCUT2D eigenvalue weighted by Gasteiger charge is -1.99. The third-order valence-corrected chi connectivity index (χ3v) is 1.87. The van der Waals surface area contributed by atoms with E-state index in [-0.39, 0.29) is 5.56 Å². The van der Waals surface area contributed by atoms with Crippen molar-refractivity contribution < 1.29 is 8.78 Å². The molecule has 0 saturated heterocycles. The number of aromatic nitrogens is 1. The Labute approximate surface area is 71.6 Å². The van der Waals surface area contributed by atoms with Crippen LogP contribution >= 0.6 is 15.9 Å². The lowest BCUT2D eigenvalue weighted by atomic mass is 10.2. The van der Waals surface area contributed by atoms with Crippen molar-refractivity contribution in [1.29, 1.82) is 0 Å². The molecule has 11 heavy (non-hydrogen) atoms. The zero-order valence-corrected chi connectivity index (χ0v) is 7.18. The highest BCUT2D eigenvalue weighted by Gasteiger charge is 2.06. The van der Waals surface area contributed by atoms with Crippen LogP contribution < -0.4 is 0 Å². The molecule has 0 aliphatic heterocycles. The van der Waals surface area contributed by atoms with Crippen LogP contribution in [-0.2, 0) is 5.33 Å². The first kappa shape index (κ1) is 8.59. The van der Waals surface area contributed by atoms with Crippen LogP contribution in [0.3, 0.4) is 0 Å². The molecule has 0 aliphatic rings. The van der Waals surface area contributed by atoms with Crippen molar-refractivity contribution in [3.63, 3.8) is 0 Å². The van der Waals surface area contributed by atoms with Gasteiger partial charge >= 0.3 is 0 Å². The Bertz CT molecular complexity index is 240. The minimum Gasteiger partial charge on any atom is -0.264 e. The van der Waals surface area contributed by atoms with E-state index in [1.165, 1.54) is 12.3 Å². The summed E-state index contributed by atoms with van der Waals surface area (Å²) in [6.07, 6.45) is 0.304. The third kappa shape index (κ3) is 2.22. The first-order valence-corrected chi connectivity index (χ1v) is 4.14. The van der Waals surface area contributed by atoms with Crippen LogP contribution in [0.1, 0.15) is 17.6 Å². The molecule has 1 heterocycles. The van der Waals surface area contributed by atoms with E-state index in [1.54, 1.807) is 6.20 Å². The first-order valence-electron chi connectivity index (χ1n) is 3.02. The fraction of sp³-hybridized carbons (Fsp3) is 0.286. The van der Waals surface area contributed by atoms with Gasteiger partial charge in [0.05, 0.1) is 0 Å². The van der Waals surface area contributed by atoms with Crippen molar-refractivity contribution in [3.05, 3.63) is 29.6 Å². The number of hydrogen-bond donors (Lipinski definition) is 0. The summed E-state index contributed by atoms with van der Waals surface area (Å²) in [6.45, 7) is 0. The monoisotopic (exact) mass is 221 g/mol. The Kier molecular flexibility index (Phi) is 2.93. The van der Waals surface area contributed by atoms with Crippen LogP contribution in [-0.4, -0.2) is 4.98 Å². The Morgan fingerprint density at radius 2 is 2.18 bits per heavy atom. The number of alkyl halides is 3. The Balaban J connectivity index is 2.91. The molecular formula is C7H6BrF2N. The van der Waals surface area contributed by atoms with Gasteiger partial charge < -0.3 is 0 Å². The van der Waals surface area contributed by atoms with Crippen molar-refractivity contribution in [2.75, 3.05) is 0 Å². The highest BCUT2D eigenvalue weighted by Crippen LogP contribution is 2.18. The molecule has 1 rings (SSSR count). The van der Waals surface area contributed by atoms with Gasteiger partial charge in [-0.05, 0) is 11.6 Å². The number of nitrogens with zero attached hydrogens (tertiary/aromatic N) is 1. The Morgan fingerprint density at radius 1 is 1.45 bits per heavy atom. The summed E-state index contributed by atoms with van der Waals surface area (Å²) in [6, 6.07) is 1.44. The van der Waals surface area contributed by atoms with Crippen LogP contribution in [0.5, 0.6) is 0 Å². The standard InChI is InChI=1S/C7H6BrF2N/c8-2-5-1-6(7(9)10)4-11-3-5/h1,3-4,7H,2H2. The minimum atomic E-state index is -2.43. The predicted molar refractivity (Wildman–Crippen MR) is 41.8 cm³/mol. The molecule has 1 aromatic rings. The summed E-state index contributed by atoms with van der Waals surface area (Å²) in [4.78, 5) is 3.67. The molecule has 0 aliphatic carbocycles. The highest BCUT2D eigenvalue weighted by atomic mass is 79.9. The van der Waals surface area contributed by atoms with E-state index in [1.807, 2.05) is 0 Å². The summed E-state index contributed by atoms with van der Waals surface area (Å²) < 4.78 is 24.1. The van der Waals surface area contributed by atoms with Gasteiger partial charge in [0.15, 0.2) is 0 Å². The SMILES string of the molecule is FC(F)c1cncc(CBr)c1. The maximum Gasteiger partial charge on any atom is 0.265 e. The van der Waals surface area contributed by atoms with E-state index in [2.05, 4.69) is 20.9 Å². The molecule has 0 N–H and O–H groups in total. The summed E-state index contributed by atoms with van der Waals surface area (Å²) in [5.41, 5.74) is 0.741. The predicted octanol–water partition coefficient (Wildman–Crippen LogP) is 2.91. The highest BCUT2D eigenvalue weighted by molar-refractivity contribution is 9.08. The van der Waals surface area contributed by atoms with E-state index in [4.69, 9.17) is 0 Å². The third-order valence-electron chi connectivity index (χ3n) is 1.22. The van der Waals surface area contributed by atoms with Crippen molar-refractivity contribution in [1.82, 2.24) is 4.98 Å². The fourth-order valence-corrected chi connectivity index (χ4v) is 1.01. The Hall–Kier alpha value is -0.510. The second kappa shape index (κ2) is 3.76. The van der Waals surface area contributed by atoms with Gasteiger partial charge in [0.2, 0.25) is 0 Å². The Morgan fingerprint density at radius 3 is 2.73 bits per heavy atom. The molecule has 0 unspecified atom stereocenters. The lowest BCUT2D eigenvalue weighted by molar-refractivity contribution is 0.151. The fourth-order valence-electron chi connectivity index (χ4n) is 0.700. The molecule has 0 saturated carbocycles. The molecule has 60 valence electrons. The number of halogens is 3. The second-order valence-electron chi connectivity index (χ2n) is 2.06. The quantitative estimate of drug-likeness (QED) is 0.701. The molecule has 0 radical (unpaired) electrons. The van der Waals surface area contributed by atoms with Gasteiger partial charge in [-0.3, -0.25) is 4.98 Å². The molecule has 0 fully saturated rings. The van der Waals surface area contributed by atoms with Crippen molar-refractivity contribution in [2.24, 2.45) is 0 Å². The van der Waals surface area contributed by atoms with Gasteiger partial charge in [-0.15, -0.1) is 0 Å². The molecule has 0 atom stereocenters. The molecule has 0 aromatic carbocycles. The molecule has 0 bridgehead atoms. The molecule has 1 nitrogen and oxygen atoms in total. The van der Waals surface area contributed by atoms with Gasteiger partial charge in [-0.1, -0.05) is 15.9 Å². The maximum absolute atomic E-state index is 12.0. The zero-order valence-electron chi connectivity index (χ0n) is 5.60. The molecule has 0 amide bonds. The lowest BCUT2D eigenvalue weighted by Crippen LogP contribution is -1.88. The second-order valence-corrected chi connectivity index (χ2v) is 2.62. The van der Waals surface area contributed by atoms with Gasteiger partial charge in [0.1, 0.15) is 0 Å². The average Bonchev–Trinajstić information content (AvgIpc) is 2.05. The van der Waals surface area contributed by atoms with Crippen LogP contribution in [0, 0.1) is 0 Å². The smallest absolute Gasteiger partial charge is 0.264 e. The van der Waals surface area contributed by atoms with E-state index >= 15 is 0 Å². The van der Waals surface area contributed by atoms with E-state index in [9.17, 15) is 8.78 Å². The van der Waals surface area contributed by atoms with Gasteiger partial charge in [0.25, 0.3) is 6.43 Å². The van der Waals surface area contributed by atoms with E-state index < -0.39 is 6.43 Å². The van der Waals surface area contributed by atoms with E-state index in [0.717, 1.165) is 5.56 Å². The van der Waals surface area contributed by atoms with Crippen LogP contribution in [0.25, 0.3) is 0 Å². The summed E-state index contributed by atoms with van der Waals surface area (Å²) in [5, 5.41) is 0.556. The summed E-state index contributed by atoms with van der Waals surface area (Å²) >= 11 is 3.16. The number of pyridine rings is 1. The number of rotatable bonds is 2. The van der Waals surface area contributed by atoms with Crippen molar-refractivity contribution in [2.45, 2.75) is 11.8 Å². The topological polar surface area (TPSA) is 12.9 Å². The van der Waals surface area contributed by atoms with Gasteiger partial charge in [0, 0.05) is 23.3 Å². The van der Waals surface area contributed by atoms with Gasteiger partial charge in [-0.25, -0.2) is 8.78 Å². The molecule has 4 heteroatoms. The van der Waals surface area contributed by atoms with Crippen molar-refractivity contribution in [3.8, 4) is 0 Å². The molecular weight excluding hydrogens is 216 g/mol. The first-order chi connectivity index (χ1) is 5.24. The largest absolute Gasteiger partial charge is 0.265 e. The van der Waals surface area contributed by atoms with E-state index in [0.29, 0.717) is 5.33 Å². The van der Waals surface area contributed by atoms with Crippen LogP contribution in [0.4, 0.5) is 8.78 Å². The summed E-state index contributed by atoms with van der Waals surface area (Å²) in [5.74, 6) is 0. The maximum atomic E-state index is 12.0. The minimum absolute atomic E-state index is 0.0260. The van der Waals surface area contributed by atoms with Crippen LogP contribution in [0.15, 0.2) is 18.5 Å². The molecule has 0 spiro atoms.